The molecule has 6 nitrogen and oxygen atoms in total. The highest BCUT2D eigenvalue weighted by Gasteiger charge is 2.21. The zero-order chi connectivity index (χ0) is 19.2. The van der Waals surface area contributed by atoms with Gasteiger partial charge in [0.1, 0.15) is 0 Å². The molecule has 2 aromatic heterocycles. The summed E-state index contributed by atoms with van der Waals surface area (Å²) in [4.78, 5) is 29.5. The van der Waals surface area contributed by atoms with Gasteiger partial charge in [0.2, 0.25) is 5.82 Å². The van der Waals surface area contributed by atoms with Crippen LogP contribution in [-0.4, -0.2) is 34.3 Å². The molecule has 27 heavy (non-hydrogen) atoms. The number of fused-ring (bicyclic) bond motifs is 1. The summed E-state index contributed by atoms with van der Waals surface area (Å²) in [5, 5.41) is 5.82. The second kappa shape index (κ2) is 8.84. The molecule has 0 atom stereocenters. The van der Waals surface area contributed by atoms with Gasteiger partial charge in [-0.2, -0.15) is 0 Å². The number of rotatable bonds is 7. The molecule has 1 aliphatic carbocycles. The monoisotopic (exact) mass is 368 g/mol. The molecule has 0 saturated carbocycles. The van der Waals surface area contributed by atoms with E-state index in [2.05, 4.69) is 21.7 Å². The number of aromatic nitrogens is 2. The molecule has 2 aromatic rings. The molecule has 144 valence electrons. The molecular weight excluding hydrogens is 340 g/mol. The van der Waals surface area contributed by atoms with E-state index in [4.69, 9.17) is 0 Å². The Morgan fingerprint density at radius 1 is 1.19 bits per heavy atom. The van der Waals surface area contributed by atoms with E-state index < -0.39 is 0 Å². The van der Waals surface area contributed by atoms with E-state index in [1.165, 1.54) is 18.4 Å². The maximum absolute atomic E-state index is 12.7. The molecule has 6 heteroatoms. The van der Waals surface area contributed by atoms with Crippen molar-refractivity contribution >= 4 is 17.3 Å². The summed E-state index contributed by atoms with van der Waals surface area (Å²) in [6.45, 7) is 5.22. The van der Waals surface area contributed by atoms with Crippen molar-refractivity contribution in [2.45, 2.75) is 46.0 Å². The van der Waals surface area contributed by atoms with Crippen molar-refractivity contribution in [3.8, 4) is 0 Å². The van der Waals surface area contributed by atoms with Crippen LogP contribution in [0.3, 0.4) is 0 Å². The normalized spacial score (nSPS) is 14.3. The van der Waals surface area contributed by atoms with Crippen molar-refractivity contribution in [1.82, 2.24) is 20.0 Å². The van der Waals surface area contributed by atoms with Crippen LogP contribution in [0, 0.1) is 5.92 Å². The molecular formula is C21H28N4O2. The summed E-state index contributed by atoms with van der Waals surface area (Å²) in [7, 11) is 0. The maximum Gasteiger partial charge on any atom is 0.287 e. The minimum absolute atomic E-state index is 0.238. The van der Waals surface area contributed by atoms with Gasteiger partial charge in [-0.25, -0.2) is 4.98 Å². The lowest BCUT2D eigenvalue weighted by Crippen LogP contribution is -2.29. The number of carbonyl (C=O) groups excluding carboxylic acids is 2. The van der Waals surface area contributed by atoms with Crippen molar-refractivity contribution in [2.75, 3.05) is 13.1 Å². The first kappa shape index (κ1) is 19.1. The summed E-state index contributed by atoms with van der Waals surface area (Å²) >= 11 is 0. The number of carbonyl (C=O) groups is 2. The molecule has 3 rings (SSSR count). The Morgan fingerprint density at radius 2 is 2.04 bits per heavy atom. The van der Waals surface area contributed by atoms with Gasteiger partial charge in [-0.05, 0) is 50.2 Å². The summed E-state index contributed by atoms with van der Waals surface area (Å²) in [5.41, 5.74) is 2.36. The Labute approximate surface area is 160 Å². The fourth-order valence-corrected chi connectivity index (χ4v) is 3.29. The van der Waals surface area contributed by atoms with Gasteiger partial charge in [0.25, 0.3) is 11.8 Å². The number of nitrogens with one attached hydrogen (secondary N) is 2. The first-order chi connectivity index (χ1) is 13.1. The molecule has 0 unspecified atom stereocenters. The lowest BCUT2D eigenvalue weighted by molar-refractivity contribution is 0.0938. The van der Waals surface area contributed by atoms with E-state index >= 15 is 0 Å². The first-order valence-electron chi connectivity index (χ1n) is 9.77. The molecule has 1 aliphatic rings. The summed E-state index contributed by atoms with van der Waals surface area (Å²) in [5.74, 6) is 0.0813. The fraction of sp³-hybridized carbons (Fsp3) is 0.476. The Morgan fingerprint density at radius 3 is 2.78 bits per heavy atom. The lowest BCUT2D eigenvalue weighted by atomic mass is 9.97. The first-order valence-corrected chi connectivity index (χ1v) is 9.77. The SMILES string of the molecule is CC(C)CNC(=O)c1nc(C(=O)NCCC2=CCCCC2)c2ccccn12. The fourth-order valence-electron chi connectivity index (χ4n) is 3.29. The molecule has 0 spiro atoms. The van der Waals surface area contributed by atoms with E-state index in [0.29, 0.717) is 30.2 Å². The number of imidazole rings is 1. The number of pyridine rings is 1. The molecule has 0 aliphatic heterocycles. The van der Waals surface area contributed by atoms with E-state index in [1.807, 2.05) is 32.0 Å². The molecule has 0 fully saturated rings. The average molecular weight is 368 g/mol. The van der Waals surface area contributed by atoms with Gasteiger partial charge in [0, 0.05) is 19.3 Å². The number of nitrogens with zero attached hydrogens (tertiary/aromatic N) is 2. The predicted octanol–water partition coefficient (Wildman–Crippen LogP) is 3.34. The minimum Gasteiger partial charge on any atom is -0.350 e. The average Bonchev–Trinajstić information content (AvgIpc) is 3.07. The summed E-state index contributed by atoms with van der Waals surface area (Å²) in [6, 6.07) is 5.48. The summed E-state index contributed by atoms with van der Waals surface area (Å²) in [6.07, 6.45) is 9.69. The largest absolute Gasteiger partial charge is 0.350 e. The van der Waals surface area contributed by atoms with Gasteiger partial charge in [-0.1, -0.05) is 31.6 Å². The topological polar surface area (TPSA) is 75.5 Å². The van der Waals surface area contributed by atoms with Gasteiger partial charge in [0.15, 0.2) is 5.69 Å². The number of hydrogen-bond acceptors (Lipinski definition) is 3. The van der Waals surface area contributed by atoms with Gasteiger partial charge < -0.3 is 10.6 Å². The van der Waals surface area contributed by atoms with Crippen LogP contribution in [0.5, 0.6) is 0 Å². The molecule has 2 N–H and O–H groups in total. The van der Waals surface area contributed by atoms with Crippen molar-refractivity contribution in [3.63, 3.8) is 0 Å². The third kappa shape index (κ3) is 4.76. The van der Waals surface area contributed by atoms with E-state index in [9.17, 15) is 9.59 Å². The van der Waals surface area contributed by atoms with Crippen LogP contribution in [0.1, 0.15) is 67.1 Å². The van der Waals surface area contributed by atoms with Gasteiger partial charge in [-0.3, -0.25) is 14.0 Å². The van der Waals surface area contributed by atoms with E-state index in [0.717, 1.165) is 19.3 Å². The highest BCUT2D eigenvalue weighted by Crippen LogP contribution is 2.19. The van der Waals surface area contributed by atoms with E-state index in [1.54, 1.807) is 10.6 Å². The maximum atomic E-state index is 12.7. The van der Waals surface area contributed by atoms with Crippen molar-refractivity contribution < 1.29 is 9.59 Å². The molecule has 0 aromatic carbocycles. The molecule has 2 amide bonds. The lowest BCUT2D eigenvalue weighted by Gasteiger charge is -2.12. The van der Waals surface area contributed by atoms with Gasteiger partial charge >= 0.3 is 0 Å². The Balaban J connectivity index is 1.72. The second-order valence-corrected chi connectivity index (χ2v) is 7.46. The third-order valence-electron chi connectivity index (χ3n) is 4.75. The van der Waals surface area contributed by atoms with Crippen LogP contribution in [0.4, 0.5) is 0 Å². The predicted molar refractivity (Wildman–Crippen MR) is 106 cm³/mol. The zero-order valence-electron chi connectivity index (χ0n) is 16.1. The van der Waals surface area contributed by atoms with Crippen molar-refractivity contribution in [3.05, 3.63) is 47.6 Å². The van der Waals surface area contributed by atoms with E-state index in [-0.39, 0.29) is 17.6 Å². The number of hydrogen-bond donors (Lipinski definition) is 2. The van der Waals surface area contributed by atoms with Crippen molar-refractivity contribution in [1.29, 1.82) is 0 Å². The Hall–Kier alpha value is -2.63. The highest BCUT2D eigenvalue weighted by atomic mass is 16.2. The van der Waals surface area contributed by atoms with Gasteiger partial charge in [0.05, 0.1) is 5.52 Å². The molecule has 0 bridgehead atoms. The van der Waals surface area contributed by atoms with Crippen LogP contribution in [0.2, 0.25) is 0 Å². The smallest absolute Gasteiger partial charge is 0.287 e. The highest BCUT2D eigenvalue weighted by molar-refractivity contribution is 6.02. The van der Waals surface area contributed by atoms with Gasteiger partial charge in [-0.15, -0.1) is 0 Å². The molecule has 0 radical (unpaired) electrons. The summed E-state index contributed by atoms with van der Waals surface area (Å²) < 4.78 is 1.67. The van der Waals surface area contributed by atoms with Crippen molar-refractivity contribution in [2.24, 2.45) is 5.92 Å². The Kier molecular flexibility index (Phi) is 6.27. The quantitative estimate of drug-likeness (QED) is 0.736. The third-order valence-corrected chi connectivity index (χ3v) is 4.75. The minimum atomic E-state index is -0.267. The van der Waals surface area contributed by atoms with Crippen LogP contribution in [0.15, 0.2) is 36.0 Å². The second-order valence-electron chi connectivity index (χ2n) is 7.46. The van der Waals surface area contributed by atoms with Crippen LogP contribution in [0.25, 0.3) is 5.52 Å². The molecule has 2 heterocycles. The van der Waals surface area contributed by atoms with Crippen LogP contribution in [-0.2, 0) is 0 Å². The standard InChI is InChI=1S/C21H28N4O2/c1-15(2)14-23-21(27)19-24-18(17-10-6-7-13-25(17)19)20(26)22-12-11-16-8-4-3-5-9-16/h6-8,10,13,15H,3-5,9,11-12,14H2,1-2H3,(H,22,26)(H,23,27). The van der Waals surface area contributed by atoms with Crippen LogP contribution >= 0.6 is 0 Å². The molecule has 0 saturated heterocycles. The zero-order valence-corrected chi connectivity index (χ0v) is 16.1. The Bertz CT molecular complexity index is 851. The number of allylic oxidation sites excluding steroid dienone is 1. The van der Waals surface area contributed by atoms with Crippen LogP contribution < -0.4 is 10.6 Å². The number of amides is 2.